The SMILES string of the molecule is CCN(CCO)c1ccc(N=Nc2ccc(S(C)(=O)=O)cc2Cl)cc1. The standard InChI is InChI=1S/C17H20ClN3O3S/c1-3-21(10-11-22)14-6-4-13(5-7-14)19-20-17-9-8-15(12-16(17)18)25(2,23)24/h4-9,12,22H,3,10-11H2,1-2H3. The first-order valence-corrected chi connectivity index (χ1v) is 9.99. The number of azo groups is 1. The molecule has 2 aromatic rings. The normalized spacial score (nSPS) is 11.8. The van der Waals surface area contributed by atoms with Gasteiger partial charge in [-0.15, -0.1) is 5.11 Å². The van der Waals surface area contributed by atoms with Gasteiger partial charge in [0.15, 0.2) is 9.84 Å². The first kappa shape index (κ1) is 19.4. The Bertz CT molecular complexity index is 852. The van der Waals surface area contributed by atoms with E-state index in [0.29, 0.717) is 17.9 Å². The van der Waals surface area contributed by atoms with Crippen LogP contribution < -0.4 is 4.90 Å². The second-order valence-electron chi connectivity index (χ2n) is 5.41. The Morgan fingerprint density at radius 2 is 1.80 bits per heavy atom. The van der Waals surface area contributed by atoms with Crippen LogP contribution in [0.3, 0.4) is 0 Å². The molecule has 0 spiro atoms. The molecule has 0 radical (unpaired) electrons. The molecule has 0 saturated heterocycles. The molecular formula is C17H20ClN3O3S. The lowest BCUT2D eigenvalue weighted by atomic mass is 10.2. The molecule has 0 atom stereocenters. The van der Waals surface area contributed by atoms with Crippen molar-refractivity contribution >= 4 is 38.5 Å². The zero-order valence-electron chi connectivity index (χ0n) is 14.1. The van der Waals surface area contributed by atoms with Crippen molar-refractivity contribution in [2.75, 3.05) is 30.9 Å². The number of benzene rings is 2. The van der Waals surface area contributed by atoms with Gasteiger partial charge in [-0.3, -0.25) is 0 Å². The first-order valence-electron chi connectivity index (χ1n) is 7.72. The number of halogens is 1. The van der Waals surface area contributed by atoms with Gasteiger partial charge in [0.05, 0.1) is 22.2 Å². The highest BCUT2D eigenvalue weighted by Crippen LogP contribution is 2.29. The summed E-state index contributed by atoms with van der Waals surface area (Å²) in [5.41, 5.74) is 2.03. The third-order valence-electron chi connectivity index (χ3n) is 3.59. The zero-order valence-corrected chi connectivity index (χ0v) is 15.6. The fraction of sp³-hybridized carbons (Fsp3) is 0.294. The summed E-state index contributed by atoms with van der Waals surface area (Å²) in [6.07, 6.45) is 1.12. The van der Waals surface area contributed by atoms with Crippen LogP contribution in [0.15, 0.2) is 57.6 Å². The minimum Gasteiger partial charge on any atom is -0.395 e. The summed E-state index contributed by atoms with van der Waals surface area (Å²) >= 11 is 6.07. The fourth-order valence-corrected chi connectivity index (χ4v) is 3.16. The molecule has 6 nitrogen and oxygen atoms in total. The van der Waals surface area contributed by atoms with Crippen LogP contribution in [-0.2, 0) is 9.84 Å². The van der Waals surface area contributed by atoms with E-state index in [1.807, 2.05) is 36.1 Å². The average Bonchev–Trinajstić information content (AvgIpc) is 2.58. The van der Waals surface area contributed by atoms with E-state index in [1.165, 1.54) is 18.2 Å². The highest BCUT2D eigenvalue weighted by Gasteiger charge is 2.10. The molecule has 0 fully saturated rings. The number of sulfone groups is 1. The summed E-state index contributed by atoms with van der Waals surface area (Å²) in [5.74, 6) is 0. The number of aliphatic hydroxyl groups excluding tert-OH is 1. The predicted octanol–water partition coefficient (Wildman–Crippen LogP) is 3.98. The van der Waals surface area contributed by atoms with Crippen molar-refractivity contribution in [1.29, 1.82) is 0 Å². The minimum absolute atomic E-state index is 0.0945. The smallest absolute Gasteiger partial charge is 0.175 e. The molecule has 0 saturated carbocycles. The molecule has 0 amide bonds. The van der Waals surface area contributed by atoms with Gasteiger partial charge < -0.3 is 10.0 Å². The molecule has 0 aromatic heterocycles. The van der Waals surface area contributed by atoms with E-state index in [-0.39, 0.29) is 16.5 Å². The van der Waals surface area contributed by atoms with Crippen LogP contribution in [0.5, 0.6) is 0 Å². The van der Waals surface area contributed by atoms with E-state index in [4.69, 9.17) is 16.7 Å². The highest BCUT2D eigenvalue weighted by molar-refractivity contribution is 7.90. The first-order chi connectivity index (χ1) is 11.8. The van der Waals surface area contributed by atoms with Crippen LogP contribution in [0.4, 0.5) is 17.1 Å². The van der Waals surface area contributed by atoms with Gasteiger partial charge in [0.2, 0.25) is 0 Å². The molecule has 25 heavy (non-hydrogen) atoms. The molecule has 8 heteroatoms. The summed E-state index contributed by atoms with van der Waals surface area (Å²) in [4.78, 5) is 2.19. The van der Waals surface area contributed by atoms with Crippen LogP contribution in [-0.4, -0.2) is 39.5 Å². The molecule has 0 bridgehead atoms. The Morgan fingerprint density at radius 3 is 2.32 bits per heavy atom. The molecule has 0 unspecified atom stereocenters. The highest BCUT2D eigenvalue weighted by atomic mass is 35.5. The molecular weight excluding hydrogens is 362 g/mol. The van der Waals surface area contributed by atoms with Gasteiger partial charge in [0.25, 0.3) is 0 Å². The molecule has 0 aliphatic heterocycles. The summed E-state index contributed by atoms with van der Waals surface area (Å²) < 4.78 is 23.0. The monoisotopic (exact) mass is 381 g/mol. The molecule has 2 aromatic carbocycles. The molecule has 1 N–H and O–H groups in total. The van der Waals surface area contributed by atoms with Crippen LogP contribution in [0.25, 0.3) is 0 Å². The number of nitrogens with zero attached hydrogens (tertiary/aromatic N) is 3. The molecule has 0 heterocycles. The zero-order chi connectivity index (χ0) is 18.4. The Hall–Kier alpha value is -1.96. The van der Waals surface area contributed by atoms with Crippen molar-refractivity contribution < 1.29 is 13.5 Å². The molecule has 2 rings (SSSR count). The Kier molecular flexibility index (Phi) is 6.52. The lowest BCUT2D eigenvalue weighted by Crippen LogP contribution is -2.25. The Morgan fingerprint density at radius 1 is 1.12 bits per heavy atom. The number of hydrogen-bond acceptors (Lipinski definition) is 6. The van der Waals surface area contributed by atoms with Gasteiger partial charge in [-0.1, -0.05) is 11.6 Å². The third-order valence-corrected chi connectivity index (χ3v) is 5.00. The molecule has 0 aliphatic rings. The number of aliphatic hydroxyl groups is 1. The van der Waals surface area contributed by atoms with Gasteiger partial charge in [-0.25, -0.2) is 8.42 Å². The van der Waals surface area contributed by atoms with Crippen molar-refractivity contribution in [2.24, 2.45) is 10.2 Å². The topological polar surface area (TPSA) is 82.3 Å². The quantitative estimate of drug-likeness (QED) is 0.735. The fourth-order valence-electron chi connectivity index (χ4n) is 2.23. The van der Waals surface area contributed by atoms with Gasteiger partial charge >= 0.3 is 0 Å². The maximum Gasteiger partial charge on any atom is 0.175 e. The molecule has 0 aliphatic carbocycles. The number of hydrogen-bond donors (Lipinski definition) is 1. The van der Waals surface area contributed by atoms with Crippen molar-refractivity contribution in [2.45, 2.75) is 11.8 Å². The number of anilines is 1. The molecule has 134 valence electrons. The third kappa shape index (κ3) is 5.26. The van der Waals surface area contributed by atoms with Crippen LogP contribution in [0, 0.1) is 0 Å². The predicted molar refractivity (Wildman–Crippen MR) is 100 cm³/mol. The van der Waals surface area contributed by atoms with Crippen LogP contribution in [0.2, 0.25) is 5.02 Å². The van der Waals surface area contributed by atoms with Crippen molar-refractivity contribution in [3.05, 3.63) is 47.5 Å². The van der Waals surface area contributed by atoms with Crippen molar-refractivity contribution in [3.8, 4) is 0 Å². The summed E-state index contributed by atoms with van der Waals surface area (Å²) in [6.45, 7) is 3.48. The number of likely N-dealkylation sites (N-methyl/N-ethyl adjacent to an activating group) is 1. The van der Waals surface area contributed by atoms with E-state index in [2.05, 4.69) is 10.2 Å². The second-order valence-corrected chi connectivity index (χ2v) is 7.83. The van der Waals surface area contributed by atoms with Crippen LogP contribution >= 0.6 is 11.6 Å². The lowest BCUT2D eigenvalue weighted by Gasteiger charge is -2.21. The van der Waals surface area contributed by atoms with Crippen LogP contribution in [0.1, 0.15) is 6.92 Å². The van der Waals surface area contributed by atoms with E-state index in [0.717, 1.165) is 18.5 Å². The average molecular weight is 382 g/mol. The van der Waals surface area contributed by atoms with E-state index in [1.54, 1.807) is 0 Å². The van der Waals surface area contributed by atoms with Crippen molar-refractivity contribution in [3.63, 3.8) is 0 Å². The number of rotatable bonds is 7. The second kappa shape index (κ2) is 8.42. The van der Waals surface area contributed by atoms with E-state index in [9.17, 15) is 8.42 Å². The summed E-state index contributed by atoms with van der Waals surface area (Å²) in [5, 5.41) is 17.5. The van der Waals surface area contributed by atoms with E-state index < -0.39 is 9.84 Å². The van der Waals surface area contributed by atoms with E-state index >= 15 is 0 Å². The maximum atomic E-state index is 11.5. The lowest BCUT2D eigenvalue weighted by molar-refractivity contribution is 0.302. The van der Waals surface area contributed by atoms with Gasteiger partial charge in [-0.2, -0.15) is 5.11 Å². The van der Waals surface area contributed by atoms with Gasteiger partial charge in [0.1, 0.15) is 5.69 Å². The summed E-state index contributed by atoms with van der Waals surface area (Å²) in [7, 11) is -3.31. The largest absolute Gasteiger partial charge is 0.395 e. The van der Waals surface area contributed by atoms with Gasteiger partial charge in [-0.05, 0) is 49.4 Å². The van der Waals surface area contributed by atoms with Gasteiger partial charge in [0, 0.05) is 25.0 Å². The van der Waals surface area contributed by atoms with Crippen molar-refractivity contribution in [1.82, 2.24) is 0 Å². The Labute approximate surface area is 152 Å². The minimum atomic E-state index is -3.31. The summed E-state index contributed by atoms with van der Waals surface area (Å²) in [6, 6.07) is 11.8. The maximum absolute atomic E-state index is 11.5. The Balaban J connectivity index is 2.17.